The Morgan fingerprint density at radius 2 is 1.89 bits per heavy atom. The molecule has 0 fully saturated rings. The minimum Gasteiger partial charge on any atom is -0.381 e. The Kier molecular flexibility index (Phi) is 3.75. The molecule has 19 heavy (non-hydrogen) atoms. The van der Waals surface area contributed by atoms with E-state index in [2.05, 4.69) is 5.32 Å². The molecule has 0 aliphatic rings. The Balaban J connectivity index is 2.11. The molecule has 0 saturated heterocycles. The second kappa shape index (κ2) is 5.48. The summed E-state index contributed by atoms with van der Waals surface area (Å²) >= 11 is 0. The van der Waals surface area contributed by atoms with Crippen LogP contribution in [0, 0.1) is 22.9 Å². The molecule has 0 aromatic heterocycles. The van der Waals surface area contributed by atoms with Gasteiger partial charge in [-0.05, 0) is 30.7 Å². The van der Waals surface area contributed by atoms with Gasteiger partial charge in [-0.25, -0.2) is 4.39 Å². The first-order chi connectivity index (χ1) is 9.04. The number of nitro benzene ring substituents is 1. The SMILES string of the molecule is Cc1ccc(NCc2cc(F)cc([N+](=O)[O-])c2)cc1. The van der Waals surface area contributed by atoms with Crippen LogP contribution < -0.4 is 5.32 Å². The maximum atomic E-state index is 13.2. The standard InChI is InChI=1S/C14H13FN2O2/c1-10-2-4-13(5-3-10)16-9-11-6-12(15)8-14(7-11)17(18)19/h2-8,16H,9H2,1H3. The van der Waals surface area contributed by atoms with Gasteiger partial charge in [0.2, 0.25) is 0 Å². The highest BCUT2D eigenvalue weighted by molar-refractivity contribution is 5.45. The molecule has 1 N–H and O–H groups in total. The molecule has 0 heterocycles. The van der Waals surface area contributed by atoms with E-state index in [1.165, 1.54) is 12.1 Å². The molecular weight excluding hydrogens is 247 g/mol. The van der Waals surface area contributed by atoms with E-state index >= 15 is 0 Å². The number of nitrogens with one attached hydrogen (secondary N) is 1. The highest BCUT2D eigenvalue weighted by Crippen LogP contribution is 2.17. The van der Waals surface area contributed by atoms with Crippen molar-refractivity contribution in [3.8, 4) is 0 Å². The number of non-ortho nitro benzene ring substituents is 1. The Hall–Kier alpha value is -2.43. The number of anilines is 1. The van der Waals surface area contributed by atoms with Gasteiger partial charge in [0.1, 0.15) is 5.82 Å². The van der Waals surface area contributed by atoms with Crippen molar-refractivity contribution >= 4 is 11.4 Å². The van der Waals surface area contributed by atoms with Crippen molar-refractivity contribution in [1.82, 2.24) is 0 Å². The summed E-state index contributed by atoms with van der Waals surface area (Å²) < 4.78 is 13.2. The third kappa shape index (κ3) is 3.51. The van der Waals surface area contributed by atoms with Crippen LogP contribution >= 0.6 is 0 Å². The van der Waals surface area contributed by atoms with E-state index in [0.717, 1.165) is 17.3 Å². The summed E-state index contributed by atoms with van der Waals surface area (Å²) in [6.45, 7) is 2.32. The lowest BCUT2D eigenvalue weighted by Crippen LogP contribution is -2.01. The van der Waals surface area contributed by atoms with Crippen LogP contribution in [0.3, 0.4) is 0 Å². The van der Waals surface area contributed by atoms with E-state index in [9.17, 15) is 14.5 Å². The maximum Gasteiger partial charge on any atom is 0.272 e. The predicted molar refractivity (Wildman–Crippen MR) is 71.6 cm³/mol. The molecule has 98 valence electrons. The number of hydrogen-bond acceptors (Lipinski definition) is 3. The van der Waals surface area contributed by atoms with Crippen molar-refractivity contribution in [2.24, 2.45) is 0 Å². The Labute approximate surface area is 110 Å². The van der Waals surface area contributed by atoms with Gasteiger partial charge in [-0.15, -0.1) is 0 Å². The van der Waals surface area contributed by atoms with Crippen LogP contribution in [-0.2, 0) is 6.54 Å². The first kappa shape index (κ1) is 13.0. The zero-order valence-corrected chi connectivity index (χ0v) is 10.4. The highest BCUT2D eigenvalue weighted by atomic mass is 19.1. The topological polar surface area (TPSA) is 55.2 Å². The number of halogens is 1. The smallest absolute Gasteiger partial charge is 0.272 e. The third-order valence-electron chi connectivity index (χ3n) is 2.70. The summed E-state index contributed by atoms with van der Waals surface area (Å²) in [4.78, 5) is 10.0. The normalized spacial score (nSPS) is 10.2. The summed E-state index contributed by atoms with van der Waals surface area (Å²) in [7, 11) is 0. The Bertz CT molecular complexity index is 597. The van der Waals surface area contributed by atoms with Crippen molar-refractivity contribution < 1.29 is 9.31 Å². The van der Waals surface area contributed by atoms with Gasteiger partial charge >= 0.3 is 0 Å². The van der Waals surface area contributed by atoms with Gasteiger partial charge in [0.15, 0.2) is 0 Å². The number of nitrogens with zero attached hydrogens (tertiary/aromatic N) is 1. The summed E-state index contributed by atoms with van der Waals surface area (Å²) in [5, 5.41) is 13.7. The zero-order chi connectivity index (χ0) is 13.8. The van der Waals surface area contributed by atoms with Crippen LogP contribution in [0.2, 0.25) is 0 Å². The first-order valence-corrected chi connectivity index (χ1v) is 5.79. The monoisotopic (exact) mass is 260 g/mol. The maximum absolute atomic E-state index is 13.2. The minimum atomic E-state index is -0.602. The van der Waals surface area contributed by atoms with Gasteiger partial charge in [-0.2, -0.15) is 0 Å². The lowest BCUT2D eigenvalue weighted by Gasteiger charge is -2.07. The molecule has 0 amide bonds. The summed E-state index contributed by atoms with van der Waals surface area (Å²) in [5.74, 6) is -0.602. The molecule has 2 aromatic rings. The average molecular weight is 260 g/mol. The van der Waals surface area contributed by atoms with E-state index in [-0.39, 0.29) is 5.69 Å². The molecule has 0 spiro atoms. The number of benzene rings is 2. The van der Waals surface area contributed by atoms with Crippen molar-refractivity contribution in [3.63, 3.8) is 0 Å². The van der Waals surface area contributed by atoms with Gasteiger partial charge in [0.25, 0.3) is 5.69 Å². The molecule has 0 bridgehead atoms. The third-order valence-corrected chi connectivity index (χ3v) is 2.70. The van der Waals surface area contributed by atoms with E-state index in [0.29, 0.717) is 12.1 Å². The Morgan fingerprint density at radius 1 is 1.21 bits per heavy atom. The number of aryl methyl sites for hydroxylation is 1. The van der Waals surface area contributed by atoms with Crippen molar-refractivity contribution in [3.05, 3.63) is 69.5 Å². The summed E-state index contributed by atoms with van der Waals surface area (Å²) in [5.41, 5.74) is 2.33. The number of rotatable bonds is 4. The van der Waals surface area contributed by atoms with Crippen LogP contribution in [0.15, 0.2) is 42.5 Å². The van der Waals surface area contributed by atoms with Gasteiger partial charge < -0.3 is 5.32 Å². The average Bonchev–Trinajstić information content (AvgIpc) is 2.37. The lowest BCUT2D eigenvalue weighted by atomic mass is 10.2. The molecule has 0 aliphatic carbocycles. The minimum absolute atomic E-state index is 0.235. The molecule has 2 aromatic carbocycles. The lowest BCUT2D eigenvalue weighted by molar-refractivity contribution is -0.385. The van der Waals surface area contributed by atoms with Crippen LogP contribution in [0.25, 0.3) is 0 Å². The van der Waals surface area contributed by atoms with Gasteiger partial charge in [-0.3, -0.25) is 10.1 Å². The van der Waals surface area contributed by atoms with Crippen LogP contribution in [0.1, 0.15) is 11.1 Å². The number of nitro groups is 1. The molecular formula is C14H13FN2O2. The largest absolute Gasteiger partial charge is 0.381 e. The molecule has 0 radical (unpaired) electrons. The van der Waals surface area contributed by atoms with Crippen molar-refractivity contribution in [1.29, 1.82) is 0 Å². The van der Waals surface area contributed by atoms with Crippen LogP contribution in [0.5, 0.6) is 0 Å². The predicted octanol–water partition coefficient (Wildman–Crippen LogP) is 3.65. The van der Waals surface area contributed by atoms with Gasteiger partial charge in [0, 0.05) is 18.3 Å². The summed E-state index contributed by atoms with van der Waals surface area (Å²) in [6.07, 6.45) is 0. The fraction of sp³-hybridized carbons (Fsp3) is 0.143. The van der Waals surface area contributed by atoms with Gasteiger partial charge in [0.05, 0.1) is 11.0 Å². The van der Waals surface area contributed by atoms with Gasteiger partial charge in [-0.1, -0.05) is 17.7 Å². The van der Waals surface area contributed by atoms with E-state index in [1.54, 1.807) is 0 Å². The first-order valence-electron chi connectivity index (χ1n) is 5.79. The molecule has 5 heteroatoms. The van der Waals surface area contributed by atoms with Crippen molar-refractivity contribution in [2.75, 3.05) is 5.32 Å². The van der Waals surface area contributed by atoms with Crippen molar-refractivity contribution in [2.45, 2.75) is 13.5 Å². The quantitative estimate of drug-likeness (QED) is 0.674. The molecule has 0 aliphatic heterocycles. The molecule has 4 nitrogen and oxygen atoms in total. The zero-order valence-electron chi connectivity index (χ0n) is 10.4. The van der Waals surface area contributed by atoms with Crippen LogP contribution in [0.4, 0.5) is 15.8 Å². The summed E-state index contributed by atoms with van der Waals surface area (Å²) in [6, 6.07) is 11.3. The molecule has 0 unspecified atom stereocenters. The number of hydrogen-bond donors (Lipinski definition) is 1. The van der Waals surface area contributed by atoms with E-state index in [1.807, 2.05) is 31.2 Å². The molecule has 0 saturated carbocycles. The highest BCUT2D eigenvalue weighted by Gasteiger charge is 2.09. The Morgan fingerprint density at radius 3 is 2.53 bits per heavy atom. The molecule has 2 rings (SSSR count). The second-order valence-corrected chi connectivity index (χ2v) is 4.29. The molecule has 0 atom stereocenters. The second-order valence-electron chi connectivity index (χ2n) is 4.29. The fourth-order valence-corrected chi connectivity index (χ4v) is 1.72. The van der Waals surface area contributed by atoms with E-state index in [4.69, 9.17) is 0 Å². The van der Waals surface area contributed by atoms with Crippen LogP contribution in [-0.4, -0.2) is 4.92 Å². The van der Waals surface area contributed by atoms with E-state index < -0.39 is 10.7 Å². The fourth-order valence-electron chi connectivity index (χ4n) is 1.72.